The normalized spacial score (nSPS) is 15.1. The first-order valence-electron chi connectivity index (χ1n) is 3.92. The topological polar surface area (TPSA) is 35.8 Å². The van der Waals surface area contributed by atoms with Gasteiger partial charge in [-0.1, -0.05) is 13.5 Å². The average Bonchev–Trinajstić information content (AvgIpc) is 1.99. The fraction of sp³-hybridized carbons (Fsp3) is 0.667. The first kappa shape index (κ1) is 10.2. The summed E-state index contributed by atoms with van der Waals surface area (Å²) in [5, 5.41) is 11.8. The minimum atomic E-state index is -0.190. The largest absolute Gasteiger partial charge is 0.296 e. The van der Waals surface area contributed by atoms with Crippen molar-refractivity contribution in [1.82, 2.24) is 5.32 Å². The number of nitrogens with one attached hydrogen (secondary N) is 1. The zero-order valence-electron chi connectivity index (χ0n) is 7.52. The second-order valence-corrected chi connectivity index (χ2v) is 2.88. The molecule has 62 valence electrons. The molecule has 2 unspecified atom stereocenters. The molecule has 0 radical (unpaired) electrons. The molecule has 2 nitrogen and oxygen atoms in total. The zero-order chi connectivity index (χ0) is 8.85. The minimum Gasteiger partial charge on any atom is -0.296 e. The van der Waals surface area contributed by atoms with Crippen molar-refractivity contribution >= 4 is 0 Å². The van der Waals surface area contributed by atoms with Crippen LogP contribution in [0.4, 0.5) is 0 Å². The summed E-state index contributed by atoms with van der Waals surface area (Å²) in [6.45, 7) is 9.74. The van der Waals surface area contributed by atoms with Gasteiger partial charge < -0.3 is 0 Å². The summed E-state index contributed by atoms with van der Waals surface area (Å²) in [7, 11) is 0. The third-order valence-electron chi connectivity index (χ3n) is 1.69. The Morgan fingerprint density at radius 2 is 2.27 bits per heavy atom. The van der Waals surface area contributed by atoms with Crippen molar-refractivity contribution < 1.29 is 0 Å². The average molecular weight is 152 g/mol. The van der Waals surface area contributed by atoms with Gasteiger partial charge >= 0.3 is 0 Å². The van der Waals surface area contributed by atoms with Crippen LogP contribution in [-0.2, 0) is 0 Å². The lowest BCUT2D eigenvalue weighted by Gasteiger charge is -2.16. The molecule has 0 amide bonds. The second kappa shape index (κ2) is 4.92. The Balaban J connectivity index is 3.91. The van der Waals surface area contributed by atoms with E-state index in [2.05, 4.69) is 31.8 Å². The molecule has 0 aromatic heterocycles. The molecule has 0 aliphatic rings. The highest BCUT2D eigenvalue weighted by Gasteiger charge is 2.09. The Kier molecular flexibility index (Phi) is 4.56. The van der Waals surface area contributed by atoms with E-state index in [4.69, 9.17) is 5.26 Å². The first-order valence-corrected chi connectivity index (χ1v) is 3.92. The number of rotatable bonds is 4. The Hall–Kier alpha value is -0.810. The number of nitrogens with zero attached hydrogens (tertiary/aromatic N) is 1. The quantitative estimate of drug-likeness (QED) is 0.624. The van der Waals surface area contributed by atoms with Crippen LogP contribution in [0.15, 0.2) is 12.2 Å². The van der Waals surface area contributed by atoms with E-state index in [9.17, 15) is 0 Å². The fourth-order valence-electron chi connectivity index (χ4n) is 0.692. The SMILES string of the molecule is C=C(C)C(C#N)NC(C)CC. The summed E-state index contributed by atoms with van der Waals surface area (Å²) in [6.07, 6.45) is 1.03. The molecule has 0 fully saturated rings. The van der Waals surface area contributed by atoms with E-state index < -0.39 is 0 Å². The third-order valence-corrected chi connectivity index (χ3v) is 1.69. The fourth-order valence-corrected chi connectivity index (χ4v) is 0.692. The number of nitriles is 1. The predicted octanol–water partition coefficient (Wildman–Crippen LogP) is 1.84. The monoisotopic (exact) mass is 152 g/mol. The maximum absolute atomic E-state index is 8.67. The summed E-state index contributed by atoms with van der Waals surface area (Å²) < 4.78 is 0. The second-order valence-electron chi connectivity index (χ2n) is 2.88. The Bertz CT molecular complexity index is 167. The van der Waals surface area contributed by atoms with Gasteiger partial charge in [-0.2, -0.15) is 5.26 Å². The van der Waals surface area contributed by atoms with Gasteiger partial charge in [-0.3, -0.25) is 5.32 Å². The van der Waals surface area contributed by atoms with Crippen molar-refractivity contribution in [3.05, 3.63) is 12.2 Å². The highest BCUT2D eigenvalue weighted by Crippen LogP contribution is 1.99. The summed E-state index contributed by atoms with van der Waals surface area (Å²) in [4.78, 5) is 0. The van der Waals surface area contributed by atoms with Crippen LogP contribution in [0, 0.1) is 11.3 Å². The van der Waals surface area contributed by atoms with Crippen LogP contribution < -0.4 is 5.32 Å². The molecule has 0 saturated carbocycles. The van der Waals surface area contributed by atoms with E-state index in [1.807, 2.05) is 6.92 Å². The van der Waals surface area contributed by atoms with E-state index in [-0.39, 0.29) is 6.04 Å². The van der Waals surface area contributed by atoms with Gasteiger partial charge in [0.2, 0.25) is 0 Å². The van der Waals surface area contributed by atoms with Gasteiger partial charge in [0.15, 0.2) is 0 Å². The Morgan fingerprint density at radius 3 is 2.55 bits per heavy atom. The zero-order valence-corrected chi connectivity index (χ0v) is 7.52. The minimum absolute atomic E-state index is 0.190. The molecule has 0 saturated heterocycles. The van der Waals surface area contributed by atoms with E-state index in [0.29, 0.717) is 6.04 Å². The van der Waals surface area contributed by atoms with Gasteiger partial charge in [-0.15, -0.1) is 0 Å². The maximum Gasteiger partial charge on any atom is 0.116 e. The lowest BCUT2D eigenvalue weighted by Crippen LogP contribution is -2.35. The summed E-state index contributed by atoms with van der Waals surface area (Å²) in [6, 6.07) is 2.35. The molecule has 2 atom stereocenters. The molecular weight excluding hydrogens is 136 g/mol. The lowest BCUT2D eigenvalue weighted by molar-refractivity contribution is 0.520. The highest BCUT2D eigenvalue weighted by molar-refractivity contribution is 5.13. The van der Waals surface area contributed by atoms with Gasteiger partial charge in [-0.05, 0) is 25.8 Å². The van der Waals surface area contributed by atoms with Gasteiger partial charge in [0.05, 0.1) is 6.07 Å². The van der Waals surface area contributed by atoms with Crippen LogP contribution in [0.3, 0.4) is 0 Å². The van der Waals surface area contributed by atoms with E-state index >= 15 is 0 Å². The van der Waals surface area contributed by atoms with E-state index in [0.717, 1.165) is 12.0 Å². The van der Waals surface area contributed by atoms with E-state index in [1.165, 1.54) is 0 Å². The van der Waals surface area contributed by atoms with E-state index in [1.54, 1.807) is 0 Å². The molecular formula is C9H16N2. The Labute approximate surface area is 68.9 Å². The van der Waals surface area contributed by atoms with Gasteiger partial charge in [0, 0.05) is 6.04 Å². The molecule has 0 aromatic carbocycles. The number of hydrogen-bond acceptors (Lipinski definition) is 2. The Morgan fingerprint density at radius 1 is 1.73 bits per heavy atom. The van der Waals surface area contributed by atoms with Crippen molar-refractivity contribution in [1.29, 1.82) is 5.26 Å². The molecule has 0 rings (SSSR count). The third kappa shape index (κ3) is 3.79. The van der Waals surface area contributed by atoms with Crippen LogP contribution in [0.1, 0.15) is 27.2 Å². The molecule has 0 bridgehead atoms. The van der Waals surface area contributed by atoms with Crippen LogP contribution >= 0.6 is 0 Å². The summed E-state index contributed by atoms with van der Waals surface area (Å²) >= 11 is 0. The van der Waals surface area contributed by atoms with Crippen molar-refractivity contribution in [2.75, 3.05) is 0 Å². The van der Waals surface area contributed by atoms with Crippen LogP contribution in [-0.4, -0.2) is 12.1 Å². The smallest absolute Gasteiger partial charge is 0.116 e. The lowest BCUT2D eigenvalue weighted by atomic mass is 10.1. The molecule has 1 N–H and O–H groups in total. The van der Waals surface area contributed by atoms with Crippen molar-refractivity contribution in [3.8, 4) is 6.07 Å². The van der Waals surface area contributed by atoms with Crippen LogP contribution in [0.5, 0.6) is 0 Å². The number of hydrogen-bond donors (Lipinski definition) is 1. The van der Waals surface area contributed by atoms with Gasteiger partial charge in [-0.25, -0.2) is 0 Å². The molecule has 11 heavy (non-hydrogen) atoms. The van der Waals surface area contributed by atoms with Gasteiger partial charge in [0.1, 0.15) is 6.04 Å². The molecule has 0 aliphatic carbocycles. The maximum atomic E-state index is 8.67. The standard InChI is InChI=1S/C9H16N2/c1-5-8(4)11-9(6-10)7(2)3/h8-9,11H,2,5H2,1,3-4H3. The van der Waals surface area contributed by atoms with Crippen molar-refractivity contribution in [3.63, 3.8) is 0 Å². The summed E-state index contributed by atoms with van der Waals surface area (Å²) in [5.74, 6) is 0. The molecule has 0 spiro atoms. The van der Waals surface area contributed by atoms with Crippen LogP contribution in [0.25, 0.3) is 0 Å². The van der Waals surface area contributed by atoms with Crippen LogP contribution in [0.2, 0.25) is 0 Å². The molecule has 0 aromatic rings. The van der Waals surface area contributed by atoms with Crippen molar-refractivity contribution in [2.45, 2.75) is 39.3 Å². The molecule has 0 heterocycles. The first-order chi connectivity index (χ1) is 5.11. The van der Waals surface area contributed by atoms with Gasteiger partial charge in [0.25, 0.3) is 0 Å². The molecule has 0 aliphatic heterocycles. The predicted molar refractivity (Wildman–Crippen MR) is 47.1 cm³/mol. The molecule has 2 heteroatoms. The summed E-state index contributed by atoms with van der Waals surface area (Å²) in [5.41, 5.74) is 0.882. The highest BCUT2D eigenvalue weighted by atomic mass is 14.9. The van der Waals surface area contributed by atoms with Crippen molar-refractivity contribution in [2.24, 2.45) is 0 Å².